The van der Waals surface area contributed by atoms with Gasteiger partial charge in [-0.25, -0.2) is 4.98 Å². The number of hydrogen-bond acceptors (Lipinski definition) is 9. The van der Waals surface area contributed by atoms with Crippen LogP contribution in [-0.2, 0) is 14.9 Å². The number of rotatable bonds is 15. The molecule has 4 rings (SSSR count). The van der Waals surface area contributed by atoms with Crippen LogP contribution in [0.25, 0.3) is 0 Å². The van der Waals surface area contributed by atoms with Crippen LogP contribution < -0.4 is 4.74 Å². The van der Waals surface area contributed by atoms with E-state index >= 15 is 0 Å². The SMILES string of the molecule is COCCN1CC[C@H](CN2CCN(C(C)(C)CCC(C)(C)OCCN3CC[C@@H](Oc4cnc(C(C)(C)C)cn4)C3)CC2)C1. The number of hydrogen-bond donors (Lipinski definition) is 0. The van der Waals surface area contributed by atoms with Crippen LogP contribution in [0.5, 0.6) is 5.88 Å². The predicted octanol–water partition coefficient (Wildman–Crippen LogP) is 4.17. The number of nitrogens with zero attached hydrogens (tertiary/aromatic N) is 6. The normalized spacial score (nSPS) is 23.8. The van der Waals surface area contributed by atoms with E-state index < -0.39 is 0 Å². The highest BCUT2D eigenvalue weighted by atomic mass is 16.5. The van der Waals surface area contributed by atoms with Crippen LogP contribution in [0.3, 0.4) is 0 Å². The third kappa shape index (κ3) is 10.9. The van der Waals surface area contributed by atoms with Crippen molar-refractivity contribution in [3.8, 4) is 5.88 Å². The molecule has 43 heavy (non-hydrogen) atoms. The molecule has 3 aliphatic rings. The molecule has 9 heteroatoms. The predicted molar refractivity (Wildman–Crippen MR) is 174 cm³/mol. The lowest BCUT2D eigenvalue weighted by molar-refractivity contribution is -0.0442. The molecule has 1 aromatic heterocycles. The molecule has 3 saturated heterocycles. The lowest BCUT2D eigenvalue weighted by atomic mass is 9.89. The first-order valence-corrected chi connectivity index (χ1v) is 16.9. The molecule has 0 bridgehead atoms. The average molecular weight is 603 g/mol. The Bertz CT molecular complexity index is 958. The lowest BCUT2D eigenvalue weighted by Gasteiger charge is -2.45. The second kappa shape index (κ2) is 15.3. The number of aromatic nitrogens is 2. The third-order valence-electron chi connectivity index (χ3n) is 9.88. The van der Waals surface area contributed by atoms with Crippen molar-refractivity contribution in [2.75, 3.05) is 92.3 Å². The summed E-state index contributed by atoms with van der Waals surface area (Å²) in [5, 5.41) is 0. The summed E-state index contributed by atoms with van der Waals surface area (Å²) in [6, 6.07) is 0. The first kappa shape index (κ1) is 34.5. The zero-order valence-corrected chi connectivity index (χ0v) is 28.7. The van der Waals surface area contributed by atoms with Crippen LogP contribution in [0.15, 0.2) is 12.4 Å². The standard InChI is InChI=1S/C34H62N6O3/c1-32(2,3)30-23-36-31(24-35-30)43-29-10-14-38(27-29)20-22-42-34(6,7)12-11-33(4,5)40-17-15-39(16-18-40)26-28-9-13-37(25-28)19-21-41-8/h23-24,28-29H,9-22,25-27H2,1-8H3/t28-,29+/m0/s1. The maximum Gasteiger partial charge on any atom is 0.232 e. The molecule has 0 unspecified atom stereocenters. The zero-order valence-electron chi connectivity index (χ0n) is 28.7. The molecule has 0 saturated carbocycles. The summed E-state index contributed by atoms with van der Waals surface area (Å²) in [6.45, 7) is 29.8. The summed E-state index contributed by atoms with van der Waals surface area (Å²) < 4.78 is 17.9. The van der Waals surface area contributed by atoms with E-state index in [9.17, 15) is 0 Å². The van der Waals surface area contributed by atoms with Crippen molar-refractivity contribution in [3.63, 3.8) is 0 Å². The van der Waals surface area contributed by atoms with Crippen LogP contribution in [-0.4, -0.2) is 139 Å². The molecule has 3 fully saturated rings. The van der Waals surface area contributed by atoms with E-state index in [1.165, 1.54) is 52.2 Å². The fourth-order valence-corrected chi connectivity index (χ4v) is 6.71. The smallest absolute Gasteiger partial charge is 0.232 e. The van der Waals surface area contributed by atoms with E-state index in [-0.39, 0.29) is 22.7 Å². The molecule has 3 aliphatic heterocycles. The molecular weight excluding hydrogens is 540 g/mol. The number of methoxy groups -OCH3 is 1. The number of likely N-dealkylation sites (tertiary alicyclic amines) is 2. The second-order valence-corrected chi connectivity index (χ2v) is 15.5. The summed E-state index contributed by atoms with van der Waals surface area (Å²) in [7, 11) is 1.80. The van der Waals surface area contributed by atoms with Gasteiger partial charge in [-0.05, 0) is 65.8 Å². The zero-order chi connectivity index (χ0) is 31.1. The van der Waals surface area contributed by atoms with E-state index in [4.69, 9.17) is 14.2 Å². The highest BCUT2D eigenvalue weighted by Gasteiger charge is 2.34. The molecule has 4 heterocycles. The summed E-state index contributed by atoms with van der Waals surface area (Å²) in [4.78, 5) is 19.5. The molecule has 1 aromatic rings. The van der Waals surface area contributed by atoms with Crippen LogP contribution in [0.2, 0.25) is 0 Å². The maximum absolute atomic E-state index is 6.45. The van der Waals surface area contributed by atoms with Crippen molar-refractivity contribution in [1.82, 2.24) is 29.6 Å². The molecule has 0 radical (unpaired) electrons. The van der Waals surface area contributed by atoms with Gasteiger partial charge in [-0.3, -0.25) is 14.8 Å². The minimum atomic E-state index is -0.129. The van der Waals surface area contributed by atoms with Crippen molar-refractivity contribution in [2.24, 2.45) is 5.92 Å². The van der Waals surface area contributed by atoms with Crippen molar-refractivity contribution in [3.05, 3.63) is 18.1 Å². The maximum atomic E-state index is 6.45. The summed E-state index contributed by atoms with van der Waals surface area (Å²) >= 11 is 0. The van der Waals surface area contributed by atoms with Gasteiger partial charge in [0.2, 0.25) is 5.88 Å². The summed E-state index contributed by atoms with van der Waals surface area (Å²) in [6.07, 6.45) is 8.33. The lowest BCUT2D eigenvalue weighted by Crippen LogP contribution is -2.55. The van der Waals surface area contributed by atoms with Gasteiger partial charge in [0.25, 0.3) is 0 Å². The van der Waals surface area contributed by atoms with E-state index in [0.29, 0.717) is 5.88 Å². The first-order valence-electron chi connectivity index (χ1n) is 16.9. The van der Waals surface area contributed by atoms with Crippen molar-refractivity contribution in [1.29, 1.82) is 0 Å². The fourth-order valence-electron chi connectivity index (χ4n) is 6.71. The molecule has 2 atom stereocenters. The van der Waals surface area contributed by atoms with Gasteiger partial charge in [-0.15, -0.1) is 0 Å². The van der Waals surface area contributed by atoms with Crippen LogP contribution in [0.1, 0.15) is 79.8 Å². The number of piperazine rings is 1. The van der Waals surface area contributed by atoms with Gasteiger partial charge in [-0.2, -0.15) is 0 Å². The Morgan fingerprint density at radius 3 is 2.14 bits per heavy atom. The largest absolute Gasteiger partial charge is 0.472 e. The minimum absolute atomic E-state index is 0.00277. The van der Waals surface area contributed by atoms with Crippen molar-refractivity contribution < 1.29 is 14.2 Å². The van der Waals surface area contributed by atoms with Crippen molar-refractivity contribution in [2.45, 2.75) is 96.8 Å². The summed E-state index contributed by atoms with van der Waals surface area (Å²) in [5.41, 5.74) is 1.04. The van der Waals surface area contributed by atoms with Crippen LogP contribution >= 0.6 is 0 Å². The molecular formula is C34H62N6O3. The Labute approximate surface area is 262 Å². The Balaban J connectivity index is 1.10. The minimum Gasteiger partial charge on any atom is -0.472 e. The molecule has 0 aromatic carbocycles. The van der Waals surface area contributed by atoms with Gasteiger partial charge in [0.05, 0.1) is 36.9 Å². The average Bonchev–Trinajstić information content (AvgIpc) is 3.60. The highest BCUT2D eigenvalue weighted by molar-refractivity contribution is 5.14. The molecule has 0 amide bonds. The molecule has 0 N–H and O–H groups in total. The topological polar surface area (TPSA) is 66.4 Å². The quantitative estimate of drug-likeness (QED) is 0.294. The van der Waals surface area contributed by atoms with Crippen LogP contribution in [0, 0.1) is 5.92 Å². The van der Waals surface area contributed by atoms with E-state index in [0.717, 1.165) is 70.3 Å². The van der Waals surface area contributed by atoms with Gasteiger partial charge >= 0.3 is 0 Å². The van der Waals surface area contributed by atoms with Gasteiger partial charge in [0, 0.05) is 83.5 Å². The molecule has 9 nitrogen and oxygen atoms in total. The van der Waals surface area contributed by atoms with E-state index in [2.05, 4.69) is 78.0 Å². The monoisotopic (exact) mass is 602 g/mol. The molecule has 0 spiro atoms. The second-order valence-electron chi connectivity index (χ2n) is 15.5. The Hall–Kier alpha value is -1.36. The van der Waals surface area contributed by atoms with Gasteiger partial charge in [-0.1, -0.05) is 20.8 Å². The Morgan fingerprint density at radius 1 is 0.767 bits per heavy atom. The van der Waals surface area contributed by atoms with Gasteiger partial charge < -0.3 is 24.0 Å². The van der Waals surface area contributed by atoms with Gasteiger partial charge in [0.15, 0.2) is 0 Å². The highest BCUT2D eigenvalue weighted by Crippen LogP contribution is 2.29. The Kier molecular flexibility index (Phi) is 12.3. The third-order valence-corrected chi connectivity index (χ3v) is 9.88. The summed E-state index contributed by atoms with van der Waals surface area (Å²) in [5.74, 6) is 1.44. The van der Waals surface area contributed by atoms with Crippen LogP contribution in [0.4, 0.5) is 0 Å². The first-order chi connectivity index (χ1) is 20.3. The van der Waals surface area contributed by atoms with Crippen molar-refractivity contribution >= 4 is 0 Å². The molecule has 0 aliphatic carbocycles. The van der Waals surface area contributed by atoms with E-state index in [1.54, 1.807) is 13.3 Å². The Morgan fingerprint density at radius 2 is 1.47 bits per heavy atom. The van der Waals surface area contributed by atoms with E-state index in [1.807, 2.05) is 6.20 Å². The van der Waals surface area contributed by atoms with Gasteiger partial charge in [0.1, 0.15) is 6.10 Å². The number of ether oxygens (including phenoxy) is 3. The fraction of sp³-hybridized carbons (Fsp3) is 0.882. The molecule has 246 valence electrons.